The monoisotopic (exact) mass is 271 g/mol. The van der Waals surface area contributed by atoms with E-state index in [1.165, 1.54) is 6.20 Å². The fourth-order valence-electron chi connectivity index (χ4n) is 2.38. The molecule has 1 saturated carbocycles. The van der Waals surface area contributed by atoms with Gasteiger partial charge in [0, 0.05) is 12.4 Å². The van der Waals surface area contributed by atoms with E-state index in [4.69, 9.17) is 0 Å². The molecule has 6 heteroatoms. The van der Waals surface area contributed by atoms with Crippen LogP contribution in [-0.2, 0) is 4.79 Å². The Hall–Kier alpha value is -2.50. The molecule has 1 aromatic heterocycles. The van der Waals surface area contributed by atoms with Gasteiger partial charge >= 0.3 is 5.97 Å². The lowest BCUT2D eigenvalue weighted by molar-refractivity contribution is -0.148. The van der Waals surface area contributed by atoms with Crippen LogP contribution in [0.15, 0.2) is 30.6 Å². The fourth-order valence-corrected chi connectivity index (χ4v) is 2.38. The Morgan fingerprint density at radius 1 is 1.20 bits per heavy atom. The number of aliphatic carboxylic acids is 1. The maximum absolute atomic E-state index is 12.3. The summed E-state index contributed by atoms with van der Waals surface area (Å²) in [4.78, 5) is 31.9. The number of carbonyl (C=O) groups is 2. The normalized spacial score (nSPS) is 16.4. The van der Waals surface area contributed by atoms with Gasteiger partial charge in [-0.15, -0.1) is 0 Å². The zero-order chi connectivity index (χ0) is 14.2. The summed E-state index contributed by atoms with van der Waals surface area (Å²) in [6.45, 7) is 0. The van der Waals surface area contributed by atoms with Crippen molar-refractivity contribution in [3.63, 3.8) is 0 Å². The Bertz CT molecular complexity index is 690. The first kappa shape index (κ1) is 12.5. The molecule has 0 radical (unpaired) electrons. The fraction of sp³-hybridized carbons (Fsp3) is 0.286. The molecule has 6 nitrogen and oxygen atoms in total. The summed E-state index contributed by atoms with van der Waals surface area (Å²) in [7, 11) is 0. The average molecular weight is 271 g/mol. The van der Waals surface area contributed by atoms with E-state index in [1.54, 1.807) is 24.4 Å². The number of carboxylic acids is 1. The zero-order valence-electron chi connectivity index (χ0n) is 10.7. The average Bonchev–Trinajstić information content (AvgIpc) is 2.41. The number of aromatic nitrogens is 2. The van der Waals surface area contributed by atoms with Crippen LogP contribution in [0, 0.1) is 0 Å². The van der Waals surface area contributed by atoms with E-state index in [9.17, 15) is 14.7 Å². The molecule has 0 atom stereocenters. The van der Waals surface area contributed by atoms with Gasteiger partial charge in [0.15, 0.2) is 0 Å². The smallest absolute Gasteiger partial charge is 0.329 e. The Balaban J connectivity index is 1.95. The second-order valence-electron chi connectivity index (χ2n) is 4.92. The van der Waals surface area contributed by atoms with Crippen molar-refractivity contribution in [1.82, 2.24) is 15.3 Å². The Kier molecular flexibility index (Phi) is 2.85. The van der Waals surface area contributed by atoms with Crippen molar-refractivity contribution in [1.29, 1.82) is 0 Å². The summed E-state index contributed by atoms with van der Waals surface area (Å²) in [5.74, 6) is -1.40. The van der Waals surface area contributed by atoms with Crippen LogP contribution in [0.1, 0.15) is 29.6 Å². The first-order valence-electron chi connectivity index (χ1n) is 6.38. The number of rotatable bonds is 3. The van der Waals surface area contributed by atoms with Gasteiger partial charge < -0.3 is 10.4 Å². The number of amides is 1. The van der Waals surface area contributed by atoms with E-state index in [0.717, 1.165) is 6.42 Å². The maximum Gasteiger partial charge on any atom is 0.329 e. The highest BCUT2D eigenvalue weighted by Crippen LogP contribution is 2.32. The van der Waals surface area contributed by atoms with Crippen LogP contribution in [0.5, 0.6) is 0 Å². The number of nitrogens with one attached hydrogen (secondary N) is 1. The van der Waals surface area contributed by atoms with Gasteiger partial charge in [0.25, 0.3) is 5.91 Å². The predicted octanol–water partition coefficient (Wildman–Crippen LogP) is 1.37. The first-order chi connectivity index (χ1) is 9.62. The molecule has 0 saturated heterocycles. The first-order valence-corrected chi connectivity index (χ1v) is 6.38. The molecule has 1 aliphatic carbocycles. The van der Waals surface area contributed by atoms with Gasteiger partial charge in [-0.05, 0) is 31.4 Å². The molecule has 1 amide bonds. The predicted molar refractivity (Wildman–Crippen MR) is 71.2 cm³/mol. The largest absolute Gasteiger partial charge is 0.480 e. The molecule has 1 fully saturated rings. The highest BCUT2D eigenvalue weighted by atomic mass is 16.4. The van der Waals surface area contributed by atoms with Gasteiger partial charge in [0.05, 0.1) is 11.1 Å². The zero-order valence-corrected chi connectivity index (χ0v) is 10.7. The van der Waals surface area contributed by atoms with Crippen molar-refractivity contribution in [2.75, 3.05) is 0 Å². The SMILES string of the molecule is O=C(NC1(C(=O)O)CCC1)c1cccc2nccnc12. The van der Waals surface area contributed by atoms with Crippen LogP contribution in [0.4, 0.5) is 0 Å². The molecule has 1 aliphatic rings. The molecule has 2 aromatic rings. The molecule has 2 N–H and O–H groups in total. The van der Waals surface area contributed by atoms with Crippen LogP contribution in [0.3, 0.4) is 0 Å². The Morgan fingerprint density at radius 3 is 2.60 bits per heavy atom. The Labute approximate surface area is 114 Å². The van der Waals surface area contributed by atoms with Crippen molar-refractivity contribution in [2.45, 2.75) is 24.8 Å². The van der Waals surface area contributed by atoms with E-state index < -0.39 is 17.4 Å². The summed E-state index contributed by atoms with van der Waals surface area (Å²) >= 11 is 0. The van der Waals surface area contributed by atoms with Gasteiger partial charge in [-0.2, -0.15) is 0 Å². The lowest BCUT2D eigenvalue weighted by Gasteiger charge is -2.38. The van der Waals surface area contributed by atoms with Gasteiger partial charge in [-0.3, -0.25) is 14.8 Å². The molecular weight excluding hydrogens is 258 g/mol. The van der Waals surface area contributed by atoms with Crippen LogP contribution >= 0.6 is 0 Å². The van der Waals surface area contributed by atoms with Crippen molar-refractivity contribution in [2.24, 2.45) is 0 Å². The molecule has 0 bridgehead atoms. The third kappa shape index (κ3) is 1.89. The highest BCUT2D eigenvalue weighted by Gasteiger charge is 2.45. The number of nitrogens with zero attached hydrogens (tertiary/aromatic N) is 2. The molecule has 102 valence electrons. The van der Waals surface area contributed by atoms with Crippen LogP contribution in [0.2, 0.25) is 0 Å². The molecule has 0 spiro atoms. The van der Waals surface area contributed by atoms with Crippen molar-refractivity contribution < 1.29 is 14.7 Å². The van der Waals surface area contributed by atoms with Crippen LogP contribution < -0.4 is 5.32 Å². The third-order valence-electron chi connectivity index (χ3n) is 3.71. The van der Waals surface area contributed by atoms with Gasteiger partial charge in [-0.1, -0.05) is 6.07 Å². The molecule has 0 aliphatic heterocycles. The molecule has 1 aromatic carbocycles. The third-order valence-corrected chi connectivity index (χ3v) is 3.71. The number of hydrogen-bond donors (Lipinski definition) is 2. The van der Waals surface area contributed by atoms with E-state index >= 15 is 0 Å². The molecular formula is C14H13N3O3. The summed E-state index contributed by atoms with van der Waals surface area (Å²) in [5, 5.41) is 11.9. The molecule has 1 heterocycles. The minimum Gasteiger partial charge on any atom is -0.480 e. The second kappa shape index (κ2) is 4.56. The lowest BCUT2D eigenvalue weighted by atomic mass is 9.76. The number of fused-ring (bicyclic) bond motifs is 1. The molecule has 20 heavy (non-hydrogen) atoms. The summed E-state index contributed by atoms with van der Waals surface area (Å²) in [6, 6.07) is 5.09. The van der Waals surface area contributed by atoms with Gasteiger partial charge in [-0.25, -0.2) is 4.79 Å². The summed E-state index contributed by atoms with van der Waals surface area (Å²) in [6.07, 6.45) is 4.79. The number of benzene rings is 1. The lowest BCUT2D eigenvalue weighted by Crippen LogP contribution is -2.59. The quantitative estimate of drug-likeness (QED) is 0.879. The van der Waals surface area contributed by atoms with Crippen molar-refractivity contribution in [3.8, 4) is 0 Å². The highest BCUT2D eigenvalue weighted by molar-refractivity contribution is 6.06. The summed E-state index contributed by atoms with van der Waals surface area (Å²) in [5.41, 5.74) is 0.315. The standard InChI is InChI=1S/C14H13N3O3/c18-12(17-14(13(19)20)5-2-6-14)9-3-1-4-10-11(9)16-8-7-15-10/h1,3-4,7-8H,2,5-6H2,(H,17,18)(H,19,20). The molecule has 3 rings (SSSR count). The van der Waals surface area contributed by atoms with Crippen molar-refractivity contribution >= 4 is 22.9 Å². The molecule has 0 unspecified atom stereocenters. The minimum atomic E-state index is -1.12. The maximum atomic E-state index is 12.3. The number of hydrogen-bond acceptors (Lipinski definition) is 4. The van der Waals surface area contributed by atoms with E-state index in [2.05, 4.69) is 15.3 Å². The Morgan fingerprint density at radius 2 is 1.95 bits per heavy atom. The van der Waals surface area contributed by atoms with Gasteiger partial charge in [0.2, 0.25) is 0 Å². The topological polar surface area (TPSA) is 92.2 Å². The van der Waals surface area contributed by atoms with Crippen molar-refractivity contribution in [3.05, 3.63) is 36.2 Å². The van der Waals surface area contributed by atoms with E-state index in [-0.39, 0.29) is 0 Å². The van der Waals surface area contributed by atoms with E-state index in [0.29, 0.717) is 29.4 Å². The van der Waals surface area contributed by atoms with E-state index in [1.807, 2.05) is 0 Å². The van der Waals surface area contributed by atoms with Crippen LogP contribution in [0.25, 0.3) is 11.0 Å². The number of para-hydroxylation sites is 1. The number of carbonyl (C=O) groups excluding carboxylic acids is 1. The summed E-state index contributed by atoms with van der Waals surface area (Å²) < 4.78 is 0. The minimum absolute atomic E-state index is 0.350. The number of carboxylic acid groups (broad SMARTS) is 1. The van der Waals surface area contributed by atoms with Crippen LogP contribution in [-0.4, -0.2) is 32.5 Å². The second-order valence-corrected chi connectivity index (χ2v) is 4.92. The van der Waals surface area contributed by atoms with Gasteiger partial charge in [0.1, 0.15) is 11.1 Å².